The molecule has 0 aromatic heterocycles. The number of nitrogens with two attached hydrogens (primary N) is 1. The van der Waals surface area contributed by atoms with Crippen molar-refractivity contribution < 1.29 is 4.39 Å². The van der Waals surface area contributed by atoms with Gasteiger partial charge in [0.2, 0.25) is 0 Å². The van der Waals surface area contributed by atoms with Crippen LogP contribution in [0.1, 0.15) is 31.7 Å². The van der Waals surface area contributed by atoms with Gasteiger partial charge in [0.25, 0.3) is 0 Å². The molecule has 0 spiro atoms. The van der Waals surface area contributed by atoms with E-state index >= 15 is 0 Å². The number of benzene rings is 1. The molecule has 4 heteroatoms. The zero-order chi connectivity index (χ0) is 15.4. The largest absolute Gasteiger partial charge is 0.371 e. The SMILES string of the molecule is CCC(N)Cc1c(F)cccc1N1CCC(N(C)C)CC1. The molecule has 118 valence electrons. The zero-order valence-electron chi connectivity index (χ0n) is 13.5. The van der Waals surface area contributed by atoms with Crippen LogP contribution in [0.3, 0.4) is 0 Å². The third-order valence-electron chi connectivity index (χ3n) is 4.62. The van der Waals surface area contributed by atoms with Crippen molar-refractivity contribution >= 4 is 5.69 Å². The summed E-state index contributed by atoms with van der Waals surface area (Å²) in [5, 5.41) is 0. The average Bonchev–Trinajstić information content (AvgIpc) is 2.49. The lowest BCUT2D eigenvalue weighted by Crippen LogP contribution is -2.42. The van der Waals surface area contributed by atoms with Crippen LogP contribution in [0.5, 0.6) is 0 Å². The molecule has 2 N–H and O–H groups in total. The number of hydrogen-bond acceptors (Lipinski definition) is 3. The molecule has 1 saturated heterocycles. The van der Waals surface area contributed by atoms with Crippen molar-refractivity contribution in [3.8, 4) is 0 Å². The summed E-state index contributed by atoms with van der Waals surface area (Å²) in [6.07, 6.45) is 3.74. The second kappa shape index (κ2) is 7.23. The van der Waals surface area contributed by atoms with E-state index in [2.05, 4.69) is 23.9 Å². The second-order valence-electron chi connectivity index (χ2n) is 6.29. The van der Waals surface area contributed by atoms with Crippen LogP contribution in [0.15, 0.2) is 18.2 Å². The molecule has 0 bridgehead atoms. The van der Waals surface area contributed by atoms with Crippen molar-refractivity contribution in [2.75, 3.05) is 32.1 Å². The number of anilines is 1. The van der Waals surface area contributed by atoms with E-state index in [1.54, 1.807) is 6.07 Å². The van der Waals surface area contributed by atoms with Crippen LogP contribution in [-0.4, -0.2) is 44.2 Å². The summed E-state index contributed by atoms with van der Waals surface area (Å²) in [6, 6.07) is 6.06. The van der Waals surface area contributed by atoms with Crippen LogP contribution in [0, 0.1) is 5.82 Å². The third-order valence-corrected chi connectivity index (χ3v) is 4.62. The van der Waals surface area contributed by atoms with Crippen molar-refractivity contribution in [1.82, 2.24) is 4.90 Å². The standard InChI is InChI=1S/C17H28FN3/c1-4-13(19)12-15-16(18)6-5-7-17(15)21-10-8-14(9-11-21)20(2)3/h5-7,13-14H,4,8-12,19H2,1-3H3. The Kier molecular flexibility index (Phi) is 5.59. The van der Waals surface area contributed by atoms with E-state index < -0.39 is 0 Å². The lowest BCUT2D eigenvalue weighted by molar-refractivity contribution is 0.249. The molecule has 1 aromatic rings. The highest BCUT2D eigenvalue weighted by atomic mass is 19.1. The summed E-state index contributed by atoms with van der Waals surface area (Å²) in [5.74, 6) is -0.119. The van der Waals surface area contributed by atoms with Gasteiger partial charge in [-0.2, -0.15) is 0 Å². The maximum Gasteiger partial charge on any atom is 0.128 e. The monoisotopic (exact) mass is 293 g/mol. The Bertz CT molecular complexity index is 453. The van der Waals surface area contributed by atoms with Gasteiger partial charge in [-0.3, -0.25) is 0 Å². The lowest BCUT2D eigenvalue weighted by atomic mass is 9.98. The molecule has 0 saturated carbocycles. The van der Waals surface area contributed by atoms with Crippen LogP contribution < -0.4 is 10.6 Å². The number of nitrogens with zero attached hydrogens (tertiary/aromatic N) is 2. The Morgan fingerprint density at radius 2 is 2.00 bits per heavy atom. The predicted molar refractivity (Wildman–Crippen MR) is 87.3 cm³/mol. The molecular weight excluding hydrogens is 265 g/mol. The number of piperidine rings is 1. The van der Waals surface area contributed by atoms with Gasteiger partial charge < -0.3 is 15.5 Å². The van der Waals surface area contributed by atoms with Crippen molar-refractivity contribution in [3.05, 3.63) is 29.6 Å². The fourth-order valence-electron chi connectivity index (χ4n) is 3.08. The van der Waals surface area contributed by atoms with E-state index in [1.165, 1.54) is 0 Å². The molecule has 0 amide bonds. The molecule has 1 aromatic carbocycles. The fraction of sp³-hybridized carbons (Fsp3) is 0.647. The summed E-state index contributed by atoms with van der Waals surface area (Å²) in [4.78, 5) is 4.61. The zero-order valence-corrected chi connectivity index (χ0v) is 13.5. The Balaban J connectivity index is 2.15. The predicted octanol–water partition coefficient (Wildman–Crippen LogP) is 2.64. The van der Waals surface area contributed by atoms with Gasteiger partial charge in [0, 0.05) is 36.4 Å². The Hall–Kier alpha value is -1.13. The van der Waals surface area contributed by atoms with Crippen molar-refractivity contribution in [2.45, 2.75) is 44.7 Å². The van der Waals surface area contributed by atoms with Crippen LogP contribution in [0.2, 0.25) is 0 Å². The molecule has 1 aliphatic heterocycles. The van der Waals surface area contributed by atoms with Gasteiger partial charge in [0.1, 0.15) is 5.82 Å². The maximum atomic E-state index is 14.2. The molecule has 1 unspecified atom stereocenters. The van der Waals surface area contributed by atoms with Crippen LogP contribution in [0.25, 0.3) is 0 Å². The minimum absolute atomic E-state index is 0.0277. The summed E-state index contributed by atoms with van der Waals surface area (Å²) in [6.45, 7) is 4.02. The molecule has 0 aliphatic carbocycles. The van der Waals surface area contributed by atoms with Crippen LogP contribution >= 0.6 is 0 Å². The number of hydrogen-bond donors (Lipinski definition) is 1. The summed E-state index contributed by atoms with van der Waals surface area (Å²) >= 11 is 0. The first-order valence-corrected chi connectivity index (χ1v) is 7.97. The Morgan fingerprint density at radius 1 is 1.33 bits per heavy atom. The first-order valence-electron chi connectivity index (χ1n) is 7.97. The van der Waals surface area contributed by atoms with Crippen molar-refractivity contribution in [1.29, 1.82) is 0 Å². The number of rotatable bonds is 5. The quantitative estimate of drug-likeness (QED) is 0.906. The summed E-state index contributed by atoms with van der Waals surface area (Å²) in [5.41, 5.74) is 7.87. The smallest absolute Gasteiger partial charge is 0.128 e. The fourth-order valence-corrected chi connectivity index (χ4v) is 3.08. The minimum atomic E-state index is -0.119. The van der Waals surface area contributed by atoms with Gasteiger partial charge in [-0.05, 0) is 51.9 Å². The molecule has 2 rings (SSSR count). The van der Waals surface area contributed by atoms with Crippen molar-refractivity contribution in [2.24, 2.45) is 5.73 Å². The van der Waals surface area contributed by atoms with E-state index in [-0.39, 0.29) is 11.9 Å². The molecule has 1 fully saturated rings. The molecule has 3 nitrogen and oxygen atoms in total. The van der Waals surface area contributed by atoms with Gasteiger partial charge in [-0.1, -0.05) is 13.0 Å². The Labute approximate surface area is 127 Å². The lowest BCUT2D eigenvalue weighted by Gasteiger charge is -2.37. The van der Waals surface area contributed by atoms with Gasteiger partial charge >= 0.3 is 0 Å². The summed E-state index contributed by atoms with van der Waals surface area (Å²) < 4.78 is 14.2. The van der Waals surface area contributed by atoms with Gasteiger partial charge in [-0.25, -0.2) is 4.39 Å². The Morgan fingerprint density at radius 3 is 2.57 bits per heavy atom. The molecule has 1 aliphatic rings. The van der Waals surface area contributed by atoms with Crippen LogP contribution in [0.4, 0.5) is 10.1 Å². The van der Waals surface area contributed by atoms with Gasteiger partial charge in [-0.15, -0.1) is 0 Å². The van der Waals surface area contributed by atoms with E-state index in [0.29, 0.717) is 12.5 Å². The van der Waals surface area contributed by atoms with E-state index in [1.807, 2.05) is 19.1 Å². The average molecular weight is 293 g/mol. The topological polar surface area (TPSA) is 32.5 Å². The van der Waals surface area contributed by atoms with Crippen molar-refractivity contribution in [3.63, 3.8) is 0 Å². The number of halogens is 1. The minimum Gasteiger partial charge on any atom is -0.371 e. The molecule has 0 radical (unpaired) electrons. The van der Waals surface area contributed by atoms with Crippen LogP contribution in [-0.2, 0) is 6.42 Å². The molecule has 1 atom stereocenters. The highest BCUT2D eigenvalue weighted by Gasteiger charge is 2.23. The van der Waals surface area contributed by atoms with Gasteiger partial charge in [0.05, 0.1) is 0 Å². The molecular formula is C17H28FN3. The van der Waals surface area contributed by atoms with E-state index in [4.69, 9.17) is 5.73 Å². The summed E-state index contributed by atoms with van der Waals surface area (Å²) in [7, 11) is 4.27. The highest BCUT2D eigenvalue weighted by Crippen LogP contribution is 2.28. The van der Waals surface area contributed by atoms with E-state index in [0.717, 1.165) is 43.6 Å². The second-order valence-corrected chi connectivity index (χ2v) is 6.29. The molecule has 1 heterocycles. The first kappa shape index (κ1) is 16.2. The maximum absolute atomic E-state index is 14.2. The highest BCUT2D eigenvalue weighted by molar-refractivity contribution is 5.55. The first-order chi connectivity index (χ1) is 10.0. The molecule has 21 heavy (non-hydrogen) atoms. The normalized spacial score (nSPS) is 18.3. The van der Waals surface area contributed by atoms with Gasteiger partial charge in [0.15, 0.2) is 0 Å². The third kappa shape index (κ3) is 3.95. The van der Waals surface area contributed by atoms with E-state index in [9.17, 15) is 4.39 Å².